The SMILES string of the molecule is CCC(C)CN(CC)CC(C)(C)C=O. The van der Waals surface area contributed by atoms with Crippen molar-refractivity contribution in [3.63, 3.8) is 0 Å². The Bertz CT molecular complexity index is 166. The molecule has 0 bridgehead atoms. The van der Waals surface area contributed by atoms with Gasteiger partial charge >= 0.3 is 0 Å². The number of carbonyl (C=O) groups excluding carboxylic acids is 1. The first kappa shape index (κ1) is 13.6. The zero-order valence-corrected chi connectivity index (χ0v) is 10.3. The van der Waals surface area contributed by atoms with Crippen LogP contribution in [0.4, 0.5) is 0 Å². The predicted octanol–water partition coefficient (Wildman–Crippen LogP) is 2.58. The summed E-state index contributed by atoms with van der Waals surface area (Å²) >= 11 is 0. The van der Waals surface area contributed by atoms with E-state index in [1.54, 1.807) is 0 Å². The molecule has 0 N–H and O–H groups in total. The molecule has 0 aliphatic carbocycles. The molecule has 0 radical (unpaired) electrons. The fourth-order valence-electron chi connectivity index (χ4n) is 1.49. The van der Waals surface area contributed by atoms with Gasteiger partial charge in [0.15, 0.2) is 0 Å². The Hall–Kier alpha value is -0.370. The molecule has 0 aromatic carbocycles. The lowest BCUT2D eigenvalue weighted by Crippen LogP contribution is -2.37. The maximum absolute atomic E-state index is 10.8. The monoisotopic (exact) mass is 199 g/mol. The minimum Gasteiger partial charge on any atom is -0.303 e. The molecule has 14 heavy (non-hydrogen) atoms. The largest absolute Gasteiger partial charge is 0.303 e. The molecule has 0 aliphatic rings. The molecule has 0 saturated carbocycles. The summed E-state index contributed by atoms with van der Waals surface area (Å²) in [7, 11) is 0. The predicted molar refractivity (Wildman–Crippen MR) is 61.4 cm³/mol. The molecule has 1 atom stereocenters. The molecule has 2 heteroatoms. The Balaban J connectivity index is 4.08. The van der Waals surface area contributed by atoms with Gasteiger partial charge < -0.3 is 9.69 Å². The summed E-state index contributed by atoms with van der Waals surface area (Å²) in [5.74, 6) is 0.720. The van der Waals surface area contributed by atoms with Gasteiger partial charge in [-0.3, -0.25) is 0 Å². The van der Waals surface area contributed by atoms with E-state index in [0.29, 0.717) is 0 Å². The van der Waals surface area contributed by atoms with Crippen molar-refractivity contribution in [2.45, 2.75) is 41.0 Å². The quantitative estimate of drug-likeness (QED) is 0.587. The number of hydrogen-bond acceptors (Lipinski definition) is 2. The summed E-state index contributed by atoms with van der Waals surface area (Å²) in [6, 6.07) is 0. The zero-order valence-electron chi connectivity index (χ0n) is 10.3. The van der Waals surface area contributed by atoms with Gasteiger partial charge in [-0.05, 0) is 12.5 Å². The van der Waals surface area contributed by atoms with E-state index in [0.717, 1.165) is 31.8 Å². The highest BCUT2D eigenvalue weighted by Crippen LogP contribution is 2.15. The lowest BCUT2D eigenvalue weighted by atomic mass is 9.94. The second-order valence-electron chi connectivity index (χ2n) is 4.95. The van der Waals surface area contributed by atoms with Crippen LogP contribution in [0, 0.1) is 11.3 Å². The molecule has 1 unspecified atom stereocenters. The van der Waals surface area contributed by atoms with Gasteiger partial charge in [-0.2, -0.15) is 0 Å². The molecular formula is C12H25NO. The Morgan fingerprint density at radius 1 is 1.36 bits per heavy atom. The number of rotatable bonds is 7. The molecule has 0 aliphatic heterocycles. The lowest BCUT2D eigenvalue weighted by Gasteiger charge is -2.29. The van der Waals surface area contributed by atoms with Crippen molar-refractivity contribution >= 4 is 6.29 Å². The molecular weight excluding hydrogens is 174 g/mol. The van der Waals surface area contributed by atoms with E-state index in [9.17, 15) is 4.79 Å². The van der Waals surface area contributed by atoms with Crippen molar-refractivity contribution in [2.75, 3.05) is 19.6 Å². The summed E-state index contributed by atoms with van der Waals surface area (Å²) in [4.78, 5) is 13.2. The highest BCUT2D eigenvalue weighted by atomic mass is 16.1. The van der Waals surface area contributed by atoms with Gasteiger partial charge in [0, 0.05) is 18.5 Å². The Morgan fingerprint density at radius 2 is 1.93 bits per heavy atom. The van der Waals surface area contributed by atoms with Gasteiger partial charge in [-0.1, -0.05) is 41.0 Å². The average molecular weight is 199 g/mol. The Labute approximate surface area is 88.7 Å². The molecule has 0 heterocycles. The maximum Gasteiger partial charge on any atom is 0.126 e. The van der Waals surface area contributed by atoms with Crippen molar-refractivity contribution in [3.8, 4) is 0 Å². The van der Waals surface area contributed by atoms with Crippen molar-refractivity contribution in [1.82, 2.24) is 4.90 Å². The first-order chi connectivity index (χ1) is 6.45. The second kappa shape index (κ2) is 6.18. The number of hydrogen-bond donors (Lipinski definition) is 0. The number of aldehydes is 1. The van der Waals surface area contributed by atoms with Gasteiger partial charge in [-0.15, -0.1) is 0 Å². The minimum atomic E-state index is -0.205. The summed E-state index contributed by atoms with van der Waals surface area (Å²) in [6.45, 7) is 13.6. The van der Waals surface area contributed by atoms with Crippen LogP contribution >= 0.6 is 0 Å². The van der Waals surface area contributed by atoms with Crippen LogP contribution in [-0.4, -0.2) is 30.8 Å². The summed E-state index contributed by atoms with van der Waals surface area (Å²) in [5.41, 5.74) is -0.205. The van der Waals surface area contributed by atoms with Crippen LogP contribution in [0.15, 0.2) is 0 Å². The van der Waals surface area contributed by atoms with Crippen molar-refractivity contribution in [2.24, 2.45) is 11.3 Å². The Morgan fingerprint density at radius 3 is 2.29 bits per heavy atom. The molecule has 0 aromatic heterocycles. The molecule has 2 nitrogen and oxygen atoms in total. The van der Waals surface area contributed by atoms with E-state index in [4.69, 9.17) is 0 Å². The Kier molecular flexibility index (Phi) is 6.01. The molecule has 0 amide bonds. The van der Waals surface area contributed by atoms with E-state index in [1.165, 1.54) is 6.42 Å². The van der Waals surface area contributed by atoms with E-state index < -0.39 is 0 Å². The van der Waals surface area contributed by atoms with Crippen molar-refractivity contribution in [1.29, 1.82) is 0 Å². The molecule has 84 valence electrons. The standard InChI is InChI=1S/C12H25NO/c1-6-11(3)8-13(7-2)9-12(4,5)10-14/h10-11H,6-9H2,1-5H3. The van der Waals surface area contributed by atoms with Crippen LogP contribution < -0.4 is 0 Å². The van der Waals surface area contributed by atoms with Crippen LogP contribution in [0.3, 0.4) is 0 Å². The number of carbonyl (C=O) groups is 1. The van der Waals surface area contributed by atoms with Gasteiger partial charge in [0.05, 0.1) is 0 Å². The smallest absolute Gasteiger partial charge is 0.126 e. The molecule has 0 rings (SSSR count). The molecule has 0 aromatic rings. The second-order valence-corrected chi connectivity index (χ2v) is 4.95. The fraction of sp³-hybridized carbons (Fsp3) is 0.917. The van der Waals surface area contributed by atoms with Gasteiger partial charge in [0.2, 0.25) is 0 Å². The summed E-state index contributed by atoms with van der Waals surface area (Å²) in [5, 5.41) is 0. The van der Waals surface area contributed by atoms with E-state index >= 15 is 0 Å². The van der Waals surface area contributed by atoms with Gasteiger partial charge in [0.25, 0.3) is 0 Å². The topological polar surface area (TPSA) is 20.3 Å². The van der Waals surface area contributed by atoms with E-state index in [1.807, 2.05) is 13.8 Å². The first-order valence-electron chi connectivity index (χ1n) is 5.63. The molecule has 0 spiro atoms. The van der Waals surface area contributed by atoms with Crippen molar-refractivity contribution in [3.05, 3.63) is 0 Å². The van der Waals surface area contributed by atoms with Crippen LogP contribution in [0.1, 0.15) is 41.0 Å². The van der Waals surface area contributed by atoms with Crippen LogP contribution in [0.25, 0.3) is 0 Å². The highest BCUT2D eigenvalue weighted by molar-refractivity contribution is 5.58. The normalized spacial score (nSPS) is 14.4. The summed E-state index contributed by atoms with van der Waals surface area (Å²) in [6.07, 6.45) is 2.27. The molecule has 0 saturated heterocycles. The third kappa shape index (κ3) is 5.38. The van der Waals surface area contributed by atoms with Crippen molar-refractivity contribution < 1.29 is 4.79 Å². The maximum atomic E-state index is 10.8. The lowest BCUT2D eigenvalue weighted by molar-refractivity contribution is -0.115. The van der Waals surface area contributed by atoms with Crippen LogP contribution in [-0.2, 0) is 4.79 Å². The number of nitrogens with zero attached hydrogens (tertiary/aromatic N) is 1. The minimum absolute atomic E-state index is 0.205. The van der Waals surface area contributed by atoms with Gasteiger partial charge in [-0.25, -0.2) is 0 Å². The van der Waals surface area contributed by atoms with Gasteiger partial charge in [0.1, 0.15) is 6.29 Å². The van der Waals surface area contributed by atoms with Crippen LogP contribution in [0.2, 0.25) is 0 Å². The average Bonchev–Trinajstić information content (AvgIpc) is 2.16. The third-order valence-electron chi connectivity index (χ3n) is 2.66. The third-order valence-corrected chi connectivity index (χ3v) is 2.66. The first-order valence-corrected chi connectivity index (χ1v) is 5.63. The zero-order chi connectivity index (χ0) is 11.2. The van der Waals surface area contributed by atoms with E-state index in [2.05, 4.69) is 25.7 Å². The fourth-order valence-corrected chi connectivity index (χ4v) is 1.49. The highest BCUT2D eigenvalue weighted by Gasteiger charge is 2.20. The van der Waals surface area contributed by atoms with Crippen LogP contribution in [0.5, 0.6) is 0 Å². The molecule has 0 fully saturated rings. The summed E-state index contributed by atoms with van der Waals surface area (Å²) < 4.78 is 0. The van der Waals surface area contributed by atoms with E-state index in [-0.39, 0.29) is 5.41 Å².